The Hall–Kier alpha value is -1.49. The molecule has 1 N–H and O–H groups in total. The molecular weight excluding hydrogens is 278 g/mol. The Morgan fingerprint density at radius 2 is 1.86 bits per heavy atom. The summed E-state index contributed by atoms with van der Waals surface area (Å²) >= 11 is 0. The van der Waals surface area contributed by atoms with Gasteiger partial charge in [-0.15, -0.1) is 0 Å². The Labute approximate surface area is 132 Å². The molecule has 0 bridgehead atoms. The normalized spacial score (nSPS) is 21.7. The summed E-state index contributed by atoms with van der Waals surface area (Å²) in [5.74, 6) is 0.327. The van der Waals surface area contributed by atoms with Gasteiger partial charge in [0.1, 0.15) is 5.69 Å². The zero-order valence-corrected chi connectivity index (χ0v) is 14.3. The van der Waals surface area contributed by atoms with Crippen molar-refractivity contribution in [1.82, 2.24) is 14.9 Å². The maximum atomic E-state index is 13.0. The third kappa shape index (κ3) is 3.00. The van der Waals surface area contributed by atoms with Gasteiger partial charge in [0.25, 0.3) is 5.91 Å². The lowest BCUT2D eigenvalue weighted by Crippen LogP contribution is -2.51. The van der Waals surface area contributed by atoms with Crippen molar-refractivity contribution in [2.24, 2.45) is 5.92 Å². The first-order chi connectivity index (χ1) is 10.3. The predicted octanol–water partition coefficient (Wildman–Crippen LogP) is 2.42. The highest BCUT2D eigenvalue weighted by atomic mass is 16.3. The number of aryl methyl sites for hydroxylation is 3. The molecule has 1 saturated heterocycles. The highest BCUT2D eigenvalue weighted by Crippen LogP contribution is 2.36. The van der Waals surface area contributed by atoms with E-state index in [2.05, 4.69) is 23.8 Å². The molecule has 1 aromatic heterocycles. The van der Waals surface area contributed by atoms with E-state index in [1.54, 1.807) is 0 Å². The maximum Gasteiger partial charge on any atom is 0.274 e. The lowest BCUT2D eigenvalue weighted by Gasteiger charge is -2.38. The molecule has 2 rings (SSSR count). The molecule has 22 heavy (non-hydrogen) atoms. The summed E-state index contributed by atoms with van der Waals surface area (Å²) in [5, 5.41) is 9.97. The van der Waals surface area contributed by atoms with E-state index >= 15 is 0 Å². The minimum absolute atomic E-state index is 0.00817. The highest BCUT2D eigenvalue weighted by molar-refractivity contribution is 5.94. The van der Waals surface area contributed by atoms with Crippen LogP contribution in [0, 0.1) is 26.7 Å². The van der Waals surface area contributed by atoms with Gasteiger partial charge in [-0.3, -0.25) is 9.78 Å². The quantitative estimate of drug-likeness (QED) is 0.927. The number of carbonyl (C=O) groups excluding carboxylic acids is 1. The van der Waals surface area contributed by atoms with Crippen LogP contribution in [0.15, 0.2) is 0 Å². The molecule has 1 amide bonds. The van der Waals surface area contributed by atoms with Crippen molar-refractivity contribution in [3.8, 4) is 0 Å². The van der Waals surface area contributed by atoms with Crippen LogP contribution >= 0.6 is 0 Å². The van der Waals surface area contributed by atoms with Crippen LogP contribution in [-0.4, -0.2) is 44.6 Å². The molecule has 0 spiro atoms. The lowest BCUT2D eigenvalue weighted by molar-refractivity contribution is 0.0326. The number of nitrogens with zero attached hydrogens (tertiary/aromatic N) is 3. The zero-order valence-electron chi connectivity index (χ0n) is 14.3. The molecular formula is C17H27N3O2. The Morgan fingerprint density at radius 3 is 2.45 bits per heavy atom. The fraction of sp³-hybridized carbons (Fsp3) is 0.706. The zero-order chi connectivity index (χ0) is 16.5. The number of hydrogen-bond donors (Lipinski definition) is 1. The predicted molar refractivity (Wildman–Crippen MR) is 85.8 cm³/mol. The van der Waals surface area contributed by atoms with Crippen LogP contribution < -0.4 is 0 Å². The summed E-state index contributed by atoms with van der Waals surface area (Å²) in [6, 6.07) is 0. The van der Waals surface area contributed by atoms with E-state index in [-0.39, 0.29) is 12.5 Å². The summed E-state index contributed by atoms with van der Waals surface area (Å²) < 4.78 is 0. The number of hydrogen-bond acceptors (Lipinski definition) is 4. The van der Waals surface area contributed by atoms with E-state index in [0.717, 1.165) is 30.7 Å². The van der Waals surface area contributed by atoms with Gasteiger partial charge < -0.3 is 10.0 Å². The summed E-state index contributed by atoms with van der Waals surface area (Å²) in [6.07, 6.45) is 2.59. The summed E-state index contributed by atoms with van der Waals surface area (Å²) in [6.45, 7) is 10.5. The van der Waals surface area contributed by atoms with Crippen LogP contribution in [0.5, 0.6) is 0 Å². The van der Waals surface area contributed by atoms with Crippen molar-refractivity contribution in [2.45, 2.75) is 59.4 Å². The van der Waals surface area contributed by atoms with Crippen molar-refractivity contribution in [3.63, 3.8) is 0 Å². The average Bonchev–Trinajstić information content (AvgIpc) is 2.85. The summed E-state index contributed by atoms with van der Waals surface area (Å²) in [4.78, 5) is 23.7. The fourth-order valence-electron chi connectivity index (χ4n) is 3.50. The molecule has 5 heteroatoms. The molecule has 1 fully saturated rings. The van der Waals surface area contributed by atoms with E-state index in [1.165, 1.54) is 0 Å². The van der Waals surface area contributed by atoms with Gasteiger partial charge in [0, 0.05) is 6.54 Å². The van der Waals surface area contributed by atoms with Gasteiger partial charge in [-0.1, -0.05) is 13.8 Å². The van der Waals surface area contributed by atoms with Crippen molar-refractivity contribution >= 4 is 5.91 Å². The van der Waals surface area contributed by atoms with Crippen LogP contribution in [0.4, 0.5) is 0 Å². The van der Waals surface area contributed by atoms with E-state index in [9.17, 15) is 9.90 Å². The number of amides is 1. The molecule has 122 valence electrons. The lowest BCUT2D eigenvalue weighted by atomic mass is 9.87. The molecule has 2 heterocycles. The van der Waals surface area contributed by atoms with Crippen LogP contribution in [0.3, 0.4) is 0 Å². The number of aliphatic hydroxyl groups is 1. The molecule has 5 nitrogen and oxygen atoms in total. The molecule has 1 aliphatic rings. The second-order valence-electron chi connectivity index (χ2n) is 6.87. The van der Waals surface area contributed by atoms with Crippen LogP contribution in [-0.2, 0) is 0 Å². The Balaban J connectivity index is 2.37. The number of aromatic nitrogens is 2. The fourth-order valence-corrected chi connectivity index (χ4v) is 3.50. The Kier molecular flexibility index (Phi) is 4.85. The number of carbonyl (C=O) groups is 1. The molecule has 0 saturated carbocycles. The minimum atomic E-state index is -0.446. The smallest absolute Gasteiger partial charge is 0.274 e. The van der Waals surface area contributed by atoms with Gasteiger partial charge in [-0.05, 0) is 46.0 Å². The average molecular weight is 305 g/mol. The second kappa shape index (κ2) is 6.32. The van der Waals surface area contributed by atoms with E-state index in [4.69, 9.17) is 0 Å². The SMILES string of the molecule is Cc1nc(C)c(C(=O)N2CCC[C@@]2(CO)CC(C)C)nc1C. The van der Waals surface area contributed by atoms with E-state index < -0.39 is 5.54 Å². The van der Waals surface area contributed by atoms with Crippen molar-refractivity contribution in [3.05, 3.63) is 22.8 Å². The van der Waals surface area contributed by atoms with Gasteiger partial charge in [0.05, 0.1) is 29.2 Å². The molecule has 1 aliphatic heterocycles. The van der Waals surface area contributed by atoms with Crippen LogP contribution in [0.2, 0.25) is 0 Å². The molecule has 0 unspecified atom stereocenters. The molecule has 1 aromatic rings. The Morgan fingerprint density at radius 1 is 1.23 bits per heavy atom. The molecule has 0 aromatic carbocycles. The summed E-state index contributed by atoms with van der Waals surface area (Å²) in [5.41, 5.74) is 2.28. The van der Waals surface area contributed by atoms with Gasteiger partial charge in [-0.25, -0.2) is 4.98 Å². The van der Waals surface area contributed by atoms with Gasteiger partial charge in [0.15, 0.2) is 0 Å². The highest BCUT2D eigenvalue weighted by Gasteiger charge is 2.44. The van der Waals surface area contributed by atoms with Gasteiger partial charge >= 0.3 is 0 Å². The van der Waals surface area contributed by atoms with Gasteiger partial charge in [0.2, 0.25) is 0 Å². The van der Waals surface area contributed by atoms with Crippen molar-refractivity contribution in [1.29, 1.82) is 0 Å². The van der Waals surface area contributed by atoms with Crippen molar-refractivity contribution in [2.75, 3.05) is 13.2 Å². The third-order valence-electron chi connectivity index (χ3n) is 4.61. The first-order valence-corrected chi connectivity index (χ1v) is 8.05. The first-order valence-electron chi connectivity index (χ1n) is 8.05. The monoisotopic (exact) mass is 305 g/mol. The van der Waals surface area contributed by atoms with E-state index in [0.29, 0.717) is 23.9 Å². The maximum absolute atomic E-state index is 13.0. The topological polar surface area (TPSA) is 66.3 Å². The first kappa shape index (κ1) is 16.9. The standard InChI is InChI=1S/C17H27N3O2/c1-11(2)9-17(10-21)7-6-8-20(17)16(22)15-14(5)18-12(3)13(4)19-15/h11,21H,6-10H2,1-5H3/t17-/m0/s1. The Bertz CT molecular complexity index is 571. The third-order valence-corrected chi connectivity index (χ3v) is 4.61. The molecule has 0 aliphatic carbocycles. The van der Waals surface area contributed by atoms with Crippen LogP contribution in [0.25, 0.3) is 0 Å². The number of rotatable bonds is 4. The molecule has 0 radical (unpaired) electrons. The number of likely N-dealkylation sites (tertiary alicyclic amines) is 1. The minimum Gasteiger partial charge on any atom is -0.394 e. The molecule has 1 atom stereocenters. The number of aliphatic hydroxyl groups excluding tert-OH is 1. The van der Waals surface area contributed by atoms with Crippen molar-refractivity contribution < 1.29 is 9.90 Å². The van der Waals surface area contributed by atoms with Crippen LogP contribution in [0.1, 0.15) is 60.7 Å². The van der Waals surface area contributed by atoms with E-state index in [1.807, 2.05) is 25.7 Å². The second-order valence-corrected chi connectivity index (χ2v) is 6.87. The van der Waals surface area contributed by atoms with Gasteiger partial charge in [-0.2, -0.15) is 0 Å². The largest absolute Gasteiger partial charge is 0.394 e. The summed E-state index contributed by atoms with van der Waals surface area (Å²) in [7, 11) is 0.